The predicted octanol–water partition coefficient (Wildman–Crippen LogP) is 2.08. The molecule has 1 aromatic rings. The summed E-state index contributed by atoms with van der Waals surface area (Å²) >= 11 is 0. The van der Waals surface area contributed by atoms with Gasteiger partial charge in [0.1, 0.15) is 5.69 Å². The molecule has 0 aliphatic heterocycles. The van der Waals surface area contributed by atoms with Gasteiger partial charge in [-0.25, -0.2) is 4.79 Å². The van der Waals surface area contributed by atoms with E-state index in [1.54, 1.807) is 6.07 Å². The molecule has 0 aliphatic carbocycles. The Morgan fingerprint density at radius 1 is 1.38 bits per heavy atom. The second-order valence-corrected chi connectivity index (χ2v) is 4.19. The van der Waals surface area contributed by atoms with Gasteiger partial charge in [-0.15, -0.1) is 0 Å². The average molecular weight is 225 g/mol. The lowest BCUT2D eigenvalue weighted by Gasteiger charge is -2.13. The van der Waals surface area contributed by atoms with Crippen LogP contribution in [0.4, 0.5) is 0 Å². The standard InChI is InChI=1S/C12H19NO3/c1-9(2)10-5-6-11(12(15)16)13(10)7-3-4-8-14/h5-6,9,14H,3-4,7-8H2,1-2H3,(H,15,16). The van der Waals surface area contributed by atoms with E-state index in [2.05, 4.69) is 0 Å². The third-order valence-electron chi connectivity index (χ3n) is 2.61. The number of carboxylic acids is 1. The number of nitrogens with zero attached hydrogens (tertiary/aromatic N) is 1. The Balaban J connectivity index is 2.90. The van der Waals surface area contributed by atoms with Crippen molar-refractivity contribution in [3.8, 4) is 0 Å². The maximum atomic E-state index is 11.0. The molecule has 0 bridgehead atoms. The molecule has 0 aromatic carbocycles. The first-order valence-corrected chi connectivity index (χ1v) is 5.61. The number of aromatic nitrogens is 1. The van der Waals surface area contributed by atoms with Crippen molar-refractivity contribution in [2.24, 2.45) is 0 Å². The van der Waals surface area contributed by atoms with Crippen LogP contribution in [0.15, 0.2) is 12.1 Å². The Kier molecular flexibility index (Phi) is 4.55. The summed E-state index contributed by atoms with van der Waals surface area (Å²) in [6.45, 7) is 4.90. The fourth-order valence-electron chi connectivity index (χ4n) is 1.81. The number of aromatic carboxylic acids is 1. The SMILES string of the molecule is CC(C)c1ccc(C(=O)O)n1CCCCO. The first-order chi connectivity index (χ1) is 7.57. The quantitative estimate of drug-likeness (QED) is 0.729. The van der Waals surface area contributed by atoms with Gasteiger partial charge in [0, 0.05) is 18.8 Å². The highest BCUT2D eigenvalue weighted by molar-refractivity contribution is 5.86. The topological polar surface area (TPSA) is 62.5 Å². The Hall–Kier alpha value is -1.29. The molecule has 0 saturated heterocycles. The maximum absolute atomic E-state index is 11.0. The highest BCUT2D eigenvalue weighted by Gasteiger charge is 2.15. The normalized spacial score (nSPS) is 11.0. The first kappa shape index (κ1) is 12.8. The van der Waals surface area contributed by atoms with Crippen molar-refractivity contribution in [2.75, 3.05) is 6.61 Å². The summed E-state index contributed by atoms with van der Waals surface area (Å²) in [6, 6.07) is 3.52. The molecule has 0 fully saturated rings. The number of hydrogen-bond donors (Lipinski definition) is 2. The van der Waals surface area contributed by atoms with E-state index in [9.17, 15) is 4.79 Å². The zero-order valence-corrected chi connectivity index (χ0v) is 9.81. The molecular formula is C12H19NO3. The zero-order chi connectivity index (χ0) is 12.1. The molecule has 0 aliphatic rings. The molecule has 1 rings (SSSR count). The highest BCUT2D eigenvalue weighted by atomic mass is 16.4. The van der Waals surface area contributed by atoms with Crippen LogP contribution in [0.1, 0.15) is 48.8 Å². The lowest BCUT2D eigenvalue weighted by Crippen LogP contribution is -2.12. The van der Waals surface area contributed by atoms with Crippen LogP contribution in [0, 0.1) is 0 Å². The molecule has 0 spiro atoms. The molecule has 4 nitrogen and oxygen atoms in total. The summed E-state index contributed by atoms with van der Waals surface area (Å²) < 4.78 is 1.84. The van der Waals surface area contributed by atoms with Crippen molar-refractivity contribution in [1.82, 2.24) is 4.57 Å². The summed E-state index contributed by atoms with van der Waals surface area (Å²) in [4.78, 5) is 11.0. The number of carbonyl (C=O) groups is 1. The van der Waals surface area contributed by atoms with Gasteiger partial charge in [0.2, 0.25) is 0 Å². The van der Waals surface area contributed by atoms with Gasteiger partial charge in [-0.3, -0.25) is 0 Å². The van der Waals surface area contributed by atoms with E-state index >= 15 is 0 Å². The second-order valence-electron chi connectivity index (χ2n) is 4.19. The molecule has 2 N–H and O–H groups in total. The van der Waals surface area contributed by atoms with Gasteiger partial charge in [0.25, 0.3) is 0 Å². The molecule has 0 saturated carbocycles. The molecule has 0 radical (unpaired) electrons. The zero-order valence-electron chi connectivity index (χ0n) is 9.81. The van der Waals surface area contributed by atoms with Gasteiger partial charge in [-0.05, 0) is 30.9 Å². The molecule has 4 heteroatoms. The van der Waals surface area contributed by atoms with Crippen LogP contribution in [0.2, 0.25) is 0 Å². The fraction of sp³-hybridized carbons (Fsp3) is 0.583. The summed E-state index contributed by atoms with van der Waals surface area (Å²) in [7, 11) is 0. The number of hydrogen-bond acceptors (Lipinski definition) is 2. The summed E-state index contributed by atoms with van der Waals surface area (Å²) in [5.41, 5.74) is 1.37. The van der Waals surface area contributed by atoms with Crippen LogP contribution in [0.5, 0.6) is 0 Å². The molecule has 0 atom stereocenters. The van der Waals surface area contributed by atoms with Crippen molar-refractivity contribution in [3.63, 3.8) is 0 Å². The minimum atomic E-state index is -0.893. The van der Waals surface area contributed by atoms with Crippen molar-refractivity contribution >= 4 is 5.97 Å². The van der Waals surface area contributed by atoms with E-state index in [0.29, 0.717) is 24.6 Å². The molecule has 0 amide bonds. The van der Waals surface area contributed by atoms with E-state index in [-0.39, 0.29) is 6.61 Å². The van der Waals surface area contributed by atoms with Gasteiger partial charge < -0.3 is 14.8 Å². The molecule has 1 aromatic heterocycles. The monoisotopic (exact) mass is 225 g/mol. The van der Waals surface area contributed by atoms with E-state index in [1.807, 2.05) is 24.5 Å². The minimum Gasteiger partial charge on any atom is -0.477 e. The molecule has 16 heavy (non-hydrogen) atoms. The van der Waals surface area contributed by atoms with Crippen molar-refractivity contribution in [2.45, 2.75) is 39.2 Å². The van der Waals surface area contributed by atoms with Crippen LogP contribution in [0.3, 0.4) is 0 Å². The molecule has 1 heterocycles. The van der Waals surface area contributed by atoms with E-state index < -0.39 is 5.97 Å². The Morgan fingerprint density at radius 3 is 2.56 bits per heavy atom. The van der Waals surface area contributed by atoms with Crippen molar-refractivity contribution in [3.05, 3.63) is 23.5 Å². The summed E-state index contributed by atoms with van der Waals surface area (Å²) in [5.74, 6) is -0.585. The Morgan fingerprint density at radius 2 is 2.06 bits per heavy atom. The smallest absolute Gasteiger partial charge is 0.352 e. The van der Waals surface area contributed by atoms with Crippen LogP contribution >= 0.6 is 0 Å². The lowest BCUT2D eigenvalue weighted by molar-refractivity contribution is 0.0684. The summed E-state index contributed by atoms with van der Waals surface area (Å²) in [5, 5.41) is 17.8. The third-order valence-corrected chi connectivity index (χ3v) is 2.61. The number of aliphatic hydroxyl groups is 1. The Labute approximate surface area is 95.5 Å². The third kappa shape index (κ3) is 2.85. The second kappa shape index (κ2) is 5.70. The number of rotatable bonds is 6. The largest absolute Gasteiger partial charge is 0.477 e. The highest BCUT2D eigenvalue weighted by Crippen LogP contribution is 2.19. The van der Waals surface area contributed by atoms with Crippen molar-refractivity contribution in [1.29, 1.82) is 0 Å². The van der Waals surface area contributed by atoms with Crippen LogP contribution in [-0.2, 0) is 6.54 Å². The van der Waals surface area contributed by atoms with E-state index in [4.69, 9.17) is 10.2 Å². The first-order valence-electron chi connectivity index (χ1n) is 5.61. The number of aliphatic hydroxyl groups excluding tert-OH is 1. The predicted molar refractivity (Wildman–Crippen MR) is 61.8 cm³/mol. The van der Waals surface area contributed by atoms with Crippen LogP contribution in [0.25, 0.3) is 0 Å². The van der Waals surface area contributed by atoms with Crippen LogP contribution in [-0.4, -0.2) is 27.4 Å². The fourth-order valence-corrected chi connectivity index (χ4v) is 1.81. The molecule has 0 unspecified atom stereocenters. The number of unbranched alkanes of at least 4 members (excludes halogenated alkanes) is 1. The minimum absolute atomic E-state index is 0.153. The van der Waals surface area contributed by atoms with E-state index in [1.165, 1.54) is 0 Å². The van der Waals surface area contributed by atoms with Crippen LogP contribution < -0.4 is 0 Å². The Bertz CT molecular complexity index is 355. The average Bonchev–Trinajstić information content (AvgIpc) is 2.62. The maximum Gasteiger partial charge on any atom is 0.352 e. The van der Waals surface area contributed by atoms with Gasteiger partial charge in [0.15, 0.2) is 0 Å². The van der Waals surface area contributed by atoms with Gasteiger partial charge in [0.05, 0.1) is 0 Å². The van der Waals surface area contributed by atoms with E-state index in [0.717, 1.165) is 12.1 Å². The molecule has 90 valence electrons. The lowest BCUT2D eigenvalue weighted by atomic mass is 10.1. The van der Waals surface area contributed by atoms with Gasteiger partial charge in [-0.1, -0.05) is 13.8 Å². The van der Waals surface area contributed by atoms with Gasteiger partial charge >= 0.3 is 5.97 Å². The number of carboxylic acid groups (broad SMARTS) is 1. The summed E-state index contributed by atoms with van der Waals surface area (Å²) in [6.07, 6.45) is 1.50. The van der Waals surface area contributed by atoms with Gasteiger partial charge in [-0.2, -0.15) is 0 Å². The van der Waals surface area contributed by atoms with Crippen molar-refractivity contribution < 1.29 is 15.0 Å². The molecular weight excluding hydrogens is 206 g/mol.